The van der Waals surface area contributed by atoms with Crippen LogP contribution in [-0.2, 0) is 9.59 Å². The molecule has 4 atom stereocenters. The van der Waals surface area contributed by atoms with E-state index in [0.29, 0.717) is 12.3 Å². The summed E-state index contributed by atoms with van der Waals surface area (Å²) < 4.78 is 5.72. The number of carbonyl (C=O) groups is 2. The highest BCUT2D eigenvalue weighted by Crippen LogP contribution is 2.50. The van der Waals surface area contributed by atoms with Gasteiger partial charge in [-0.1, -0.05) is 31.9 Å². The van der Waals surface area contributed by atoms with Gasteiger partial charge in [-0.15, -0.1) is 0 Å². The quantitative estimate of drug-likeness (QED) is 0.448. The molecule has 1 saturated heterocycles. The van der Waals surface area contributed by atoms with Crippen LogP contribution < -0.4 is 9.64 Å². The molecule has 1 aromatic rings. The van der Waals surface area contributed by atoms with E-state index in [2.05, 4.69) is 19.1 Å². The summed E-state index contributed by atoms with van der Waals surface area (Å²) in [6.45, 7) is 2.87. The summed E-state index contributed by atoms with van der Waals surface area (Å²) in [5.74, 6) is 0.909. The Labute approximate surface area is 148 Å². The van der Waals surface area contributed by atoms with Crippen LogP contribution >= 0.6 is 0 Å². The lowest BCUT2D eigenvalue weighted by Gasteiger charge is -2.38. The summed E-state index contributed by atoms with van der Waals surface area (Å²) in [4.78, 5) is 27.2. The van der Waals surface area contributed by atoms with E-state index < -0.39 is 0 Å². The highest BCUT2D eigenvalue weighted by molar-refractivity contribution is 6.22. The van der Waals surface area contributed by atoms with Crippen molar-refractivity contribution in [2.75, 3.05) is 11.5 Å². The number of ether oxygens (including phenoxy) is 1. The fourth-order valence-corrected chi connectivity index (χ4v) is 4.56. The standard InChI is InChI=1S/C21H25NO3/c1-2-3-4-13-25-17-11-9-16(10-12-17)22-20(23)18-14-5-6-15(8-7-14)19(18)21(22)24/h5-6,9-12,14-15,18-19H,2-4,7-8,13H2,1H3/t14-,15-,18-,19-/m0/s1. The van der Waals surface area contributed by atoms with Crippen LogP contribution in [0.1, 0.15) is 39.0 Å². The van der Waals surface area contributed by atoms with Crippen molar-refractivity contribution in [1.29, 1.82) is 0 Å². The largest absolute Gasteiger partial charge is 0.494 e. The van der Waals surface area contributed by atoms with E-state index in [1.54, 1.807) is 0 Å². The van der Waals surface area contributed by atoms with Gasteiger partial charge < -0.3 is 4.74 Å². The first-order chi connectivity index (χ1) is 12.2. The Bertz CT molecular complexity index is 662. The molecule has 1 aliphatic heterocycles. The third-order valence-electron chi connectivity index (χ3n) is 5.87. The number of unbranched alkanes of at least 4 members (excludes halogenated alkanes) is 2. The van der Waals surface area contributed by atoms with Crippen LogP contribution in [0.3, 0.4) is 0 Å². The van der Waals surface area contributed by atoms with Crippen LogP contribution in [0.25, 0.3) is 0 Å². The van der Waals surface area contributed by atoms with Crippen molar-refractivity contribution in [3.8, 4) is 5.75 Å². The monoisotopic (exact) mass is 339 g/mol. The molecule has 1 heterocycles. The van der Waals surface area contributed by atoms with Crippen molar-refractivity contribution in [3.05, 3.63) is 36.4 Å². The van der Waals surface area contributed by atoms with Gasteiger partial charge in [-0.3, -0.25) is 14.5 Å². The average molecular weight is 339 g/mol. The molecule has 5 rings (SSSR count). The number of imide groups is 1. The second kappa shape index (κ2) is 6.66. The fraction of sp³-hybridized carbons (Fsp3) is 0.524. The Morgan fingerprint density at radius 2 is 1.56 bits per heavy atom. The molecule has 4 aliphatic rings. The van der Waals surface area contributed by atoms with Gasteiger partial charge in [0.05, 0.1) is 24.1 Å². The number of fused-ring (bicyclic) bond motifs is 1. The molecule has 2 amide bonds. The van der Waals surface area contributed by atoms with Crippen molar-refractivity contribution < 1.29 is 14.3 Å². The van der Waals surface area contributed by atoms with E-state index in [0.717, 1.165) is 31.4 Å². The van der Waals surface area contributed by atoms with Crippen LogP contribution in [0, 0.1) is 23.7 Å². The number of rotatable bonds is 6. The zero-order chi connectivity index (χ0) is 17.4. The topological polar surface area (TPSA) is 46.6 Å². The van der Waals surface area contributed by atoms with Gasteiger partial charge in [0.25, 0.3) is 0 Å². The van der Waals surface area contributed by atoms with Crippen molar-refractivity contribution in [3.63, 3.8) is 0 Å². The summed E-state index contributed by atoms with van der Waals surface area (Å²) in [6, 6.07) is 7.38. The van der Waals surface area contributed by atoms with Gasteiger partial charge in [-0.2, -0.15) is 0 Å². The molecule has 0 unspecified atom stereocenters. The van der Waals surface area contributed by atoms with E-state index in [1.807, 2.05) is 24.3 Å². The van der Waals surface area contributed by atoms with Gasteiger partial charge >= 0.3 is 0 Å². The van der Waals surface area contributed by atoms with E-state index in [9.17, 15) is 9.59 Å². The van der Waals surface area contributed by atoms with E-state index in [1.165, 1.54) is 11.3 Å². The van der Waals surface area contributed by atoms with E-state index >= 15 is 0 Å². The number of nitrogens with zero attached hydrogens (tertiary/aromatic N) is 1. The lowest BCUT2D eigenvalue weighted by Crippen LogP contribution is -2.38. The summed E-state index contributed by atoms with van der Waals surface area (Å²) in [5, 5.41) is 0. The molecule has 0 aromatic heterocycles. The number of hydrogen-bond donors (Lipinski definition) is 0. The zero-order valence-electron chi connectivity index (χ0n) is 14.7. The van der Waals surface area contributed by atoms with E-state index in [4.69, 9.17) is 4.74 Å². The molecule has 4 heteroatoms. The van der Waals surface area contributed by atoms with Gasteiger partial charge in [0, 0.05) is 0 Å². The molecule has 0 radical (unpaired) electrons. The lowest BCUT2D eigenvalue weighted by molar-refractivity contribution is -0.124. The number of amides is 2. The Morgan fingerprint density at radius 1 is 0.960 bits per heavy atom. The van der Waals surface area contributed by atoms with Gasteiger partial charge in [0.1, 0.15) is 5.75 Å². The molecular formula is C21H25NO3. The molecule has 0 spiro atoms. The molecular weight excluding hydrogens is 314 g/mol. The minimum atomic E-state index is -0.152. The number of hydrogen-bond acceptors (Lipinski definition) is 3. The van der Waals surface area contributed by atoms with Gasteiger partial charge in [0.2, 0.25) is 11.8 Å². The predicted molar refractivity (Wildman–Crippen MR) is 96.3 cm³/mol. The molecule has 1 aromatic carbocycles. The molecule has 0 N–H and O–H groups in total. The normalized spacial score (nSPS) is 30.0. The average Bonchev–Trinajstić information content (AvgIpc) is 2.94. The number of anilines is 1. The maximum Gasteiger partial charge on any atom is 0.238 e. The molecule has 3 aliphatic carbocycles. The Morgan fingerprint density at radius 3 is 2.08 bits per heavy atom. The van der Waals surface area contributed by atoms with Crippen molar-refractivity contribution >= 4 is 17.5 Å². The molecule has 4 nitrogen and oxygen atoms in total. The van der Waals surface area contributed by atoms with Gasteiger partial charge in [-0.05, 0) is 55.4 Å². The summed E-state index contributed by atoms with van der Waals surface area (Å²) >= 11 is 0. The van der Waals surface area contributed by atoms with Gasteiger partial charge in [0.15, 0.2) is 0 Å². The van der Waals surface area contributed by atoms with Crippen LogP contribution in [-0.4, -0.2) is 18.4 Å². The van der Waals surface area contributed by atoms with Gasteiger partial charge in [-0.25, -0.2) is 0 Å². The van der Waals surface area contributed by atoms with Crippen LogP contribution in [0.2, 0.25) is 0 Å². The Kier molecular flexibility index (Phi) is 4.36. The van der Waals surface area contributed by atoms with Crippen molar-refractivity contribution in [2.24, 2.45) is 23.7 Å². The minimum absolute atomic E-state index is 0.0225. The molecule has 2 fully saturated rings. The van der Waals surface area contributed by atoms with Crippen LogP contribution in [0.15, 0.2) is 36.4 Å². The molecule has 2 bridgehead atoms. The molecule has 25 heavy (non-hydrogen) atoms. The number of benzene rings is 1. The third kappa shape index (κ3) is 2.78. The van der Waals surface area contributed by atoms with Crippen molar-refractivity contribution in [2.45, 2.75) is 39.0 Å². The fourth-order valence-electron chi connectivity index (χ4n) is 4.56. The smallest absolute Gasteiger partial charge is 0.238 e. The SMILES string of the molecule is CCCCCOc1ccc(N2C(=O)[C@@H]3[C@@H](C2=O)[C@H]2C=C[C@H]3CC2)cc1. The maximum atomic E-state index is 12.9. The summed E-state index contributed by atoms with van der Waals surface area (Å²) in [7, 11) is 0. The van der Waals surface area contributed by atoms with Crippen LogP contribution in [0.4, 0.5) is 5.69 Å². The second-order valence-corrected chi connectivity index (χ2v) is 7.40. The minimum Gasteiger partial charge on any atom is -0.494 e. The number of carbonyl (C=O) groups excluding carboxylic acids is 2. The Hall–Kier alpha value is -2.10. The summed E-state index contributed by atoms with van der Waals surface area (Å²) in [6.07, 6.45) is 9.73. The van der Waals surface area contributed by atoms with Crippen molar-refractivity contribution in [1.82, 2.24) is 0 Å². The zero-order valence-corrected chi connectivity index (χ0v) is 14.7. The number of allylic oxidation sites excluding steroid dienone is 2. The first-order valence-electron chi connectivity index (χ1n) is 9.49. The molecule has 132 valence electrons. The summed E-state index contributed by atoms with van der Waals surface area (Å²) in [5.41, 5.74) is 0.671. The third-order valence-corrected chi connectivity index (χ3v) is 5.87. The lowest BCUT2D eigenvalue weighted by atomic mass is 9.63. The van der Waals surface area contributed by atoms with Crippen LogP contribution in [0.5, 0.6) is 5.75 Å². The van der Waals surface area contributed by atoms with E-state index in [-0.39, 0.29) is 35.5 Å². The Balaban J connectivity index is 1.49. The highest BCUT2D eigenvalue weighted by Gasteiger charge is 2.56. The second-order valence-electron chi connectivity index (χ2n) is 7.40. The molecule has 1 saturated carbocycles. The first kappa shape index (κ1) is 16.4. The predicted octanol–water partition coefficient (Wildman–Crippen LogP) is 3.96. The maximum absolute atomic E-state index is 12.9. The first-order valence-corrected chi connectivity index (χ1v) is 9.49. The highest BCUT2D eigenvalue weighted by atomic mass is 16.5.